The lowest BCUT2D eigenvalue weighted by atomic mass is 10.2. The lowest BCUT2D eigenvalue weighted by Gasteiger charge is -2.13. The molecule has 1 aliphatic rings. The molecule has 2 aromatic rings. The average molecular weight is 353 g/mol. The third-order valence-corrected chi connectivity index (χ3v) is 4.77. The number of aromatic nitrogens is 3. The van der Waals surface area contributed by atoms with Gasteiger partial charge in [0.2, 0.25) is 11.8 Å². The Morgan fingerprint density at radius 2 is 2.29 bits per heavy atom. The van der Waals surface area contributed by atoms with Crippen molar-refractivity contribution in [3.8, 4) is 5.88 Å². The predicted molar refractivity (Wildman–Crippen MR) is 90.3 cm³/mol. The molecular formula is C14H19N5O4S. The maximum absolute atomic E-state index is 12.4. The molecule has 0 saturated carbocycles. The molecular weight excluding hydrogens is 334 g/mol. The minimum atomic E-state index is -0.476. The number of hydrogen-bond donors (Lipinski definition) is 1. The number of hydrogen-bond acceptors (Lipinski definition) is 9. The molecule has 130 valence electrons. The fourth-order valence-electron chi connectivity index (χ4n) is 2.67. The first kappa shape index (κ1) is 16.8. The Labute approximate surface area is 141 Å². The fraction of sp³-hybridized carbons (Fsp3) is 0.643. The molecule has 24 heavy (non-hydrogen) atoms. The van der Waals surface area contributed by atoms with Gasteiger partial charge in [0.25, 0.3) is 0 Å². The van der Waals surface area contributed by atoms with Crippen LogP contribution in [0.15, 0.2) is 9.97 Å². The van der Waals surface area contributed by atoms with Crippen LogP contribution in [0, 0.1) is 4.91 Å². The van der Waals surface area contributed by atoms with Crippen molar-refractivity contribution in [1.29, 1.82) is 0 Å². The second-order valence-corrected chi connectivity index (χ2v) is 6.54. The molecule has 10 heteroatoms. The summed E-state index contributed by atoms with van der Waals surface area (Å²) in [5, 5.41) is 2.86. The van der Waals surface area contributed by atoms with Crippen molar-refractivity contribution < 1.29 is 9.47 Å². The van der Waals surface area contributed by atoms with Gasteiger partial charge in [0.05, 0.1) is 12.7 Å². The van der Waals surface area contributed by atoms with E-state index >= 15 is 0 Å². The minimum absolute atomic E-state index is 0.0460. The van der Waals surface area contributed by atoms with Crippen LogP contribution in [0.2, 0.25) is 0 Å². The van der Waals surface area contributed by atoms with E-state index in [4.69, 9.17) is 15.2 Å². The summed E-state index contributed by atoms with van der Waals surface area (Å²) in [6, 6.07) is 0. The molecule has 0 aromatic carbocycles. The van der Waals surface area contributed by atoms with Crippen LogP contribution in [0.3, 0.4) is 0 Å². The molecule has 9 nitrogen and oxygen atoms in total. The molecule has 0 bridgehead atoms. The molecule has 2 unspecified atom stereocenters. The van der Waals surface area contributed by atoms with Gasteiger partial charge >= 0.3 is 4.87 Å². The summed E-state index contributed by atoms with van der Waals surface area (Å²) in [5.74, 6) is 0.376. The van der Waals surface area contributed by atoms with E-state index in [-0.39, 0.29) is 23.5 Å². The van der Waals surface area contributed by atoms with E-state index in [0.717, 1.165) is 24.2 Å². The number of fused-ring (bicyclic) bond motifs is 1. The molecule has 1 aliphatic heterocycles. The van der Waals surface area contributed by atoms with Crippen LogP contribution in [0.25, 0.3) is 10.3 Å². The molecule has 0 aliphatic carbocycles. The average Bonchev–Trinajstić information content (AvgIpc) is 3.11. The maximum atomic E-state index is 12.4. The van der Waals surface area contributed by atoms with Crippen LogP contribution < -0.4 is 15.3 Å². The highest BCUT2D eigenvalue weighted by Gasteiger charge is 2.30. The summed E-state index contributed by atoms with van der Waals surface area (Å²) in [4.78, 5) is 30.9. The van der Waals surface area contributed by atoms with Gasteiger partial charge < -0.3 is 15.2 Å². The van der Waals surface area contributed by atoms with E-state index < -0.39 is 6.23 Å². The number of ether oxygens (including phenoxy) is 2. The molecule has 1 saturated heterocycles. The van der Waals surface area contributed by atoms with Crippen LogP contribution in [0.1, 0.15) is 38.8 Å². The highest BCUT2D eigenvalue weighted by Crippen LogP contribution is 2.33. The quantitative estimate of drug-likeness (QED) is 0.597. The van der Waals surface area contributed by atoms with Gasteiger partial charge in [0, 0.05) is 0 Å². The van der Waals surface area contributed by atoms with Crippen LogP contribution in [-0.4, -0.2) is 33.8 Å². The van der Waals surface area contributed by atoms with E-state index in [1.54, 1.807) is 0 Å². The Balaban J connectivity index is 1.96. The fourth-order valence-corrected chi connectivity index (χ4v) is 3.57. The highest BCUT2D eigenvalue weighted by atomic mass is 32.1. The first-order chi connectivity index (χ1) is 11.6. The van der Waals surface area contributed by atoms with Crippen molar-refractivity contribution >= 4 is 27.6 Å². The number of thiazole rings is 1. The number of nitrogens with two attached hydrogens (primary N) is 1. The normalized spacial score (nSPS) is 20.5. The smallest absolute Gasteiger partial charge is 0.311 e. The highest BCUT2D eigenvalue weighted by molar-refractivity contribution is 7.16. The van der Waals surface area contributed by atoms with Gasteiger partial charge in [-0.3, -0.25) is 9.36 Å². The molecule has 2 atom stereocenters. The number of rotatable bonds is 7. The summed E-state index contributed by atoms with van der Waals surface area (Å²) in [6.07, 6.45) is 2.41. The van der Waals surface area contributed by atoms with Crippen molar-refractivity contribution in [2.45, 2.75) is 44.9 Å². The van der Waals surface area contributed by atoms with Crippen LogP contribution >= 0.6 is 11.3 Å². The maximum Gasteiger partial charge on any atom is 0.311 e. The van der Waals surface area contributed by atoms with Gasteiger partial charge in [-0.25, -0.2) is 0 Å². The lowest BCUT2D eigenvalue weighted by Crippen LogP contribution is -2.21. The zero-order valence-corrected chi connectivity index (χ0v) is 14.1. The minimum Gasteiger partial charge on any atom is -0.476 e. The summed E-state index contributed by atoms with van der Waals surface area (Å²) in [6.45, 7) is 2.64. The summed E-state index contributed by atoms with van der Waals surface area (Å²) < 4.78 is 13.4. The summed E-state index contributed by atoms with van der Waals surface area (Å²) in [7, 11) is 0. The van der Waals surface area contributed by atoms with Gasteiger partial charge in [-0.15, -0.1) is 0 Å². The zero-order valence-electron chi connectivity index (χ0n) is 13.3. The Kier molecular flexibility index (Phi) is 5.05. The van der Waals surface area contributed by atoms with Crippen molar-refractivity contribution in [1.82, 2.24) is 14.5 Å². The zero-order chi connectivity index (χ0) is 17.1. The molecule has 0 amide bonds. The monoisotopic (exact) mass is 353 g/mol. The lowest BCUT2D eigenvalue weighted by molar-refractivity contribution is 0.00782. The third-order valence-electron chi connectivity index (χ3n) is 3.84. The number of nitrogen functional groups attached to an aromatic ring is 1. The topological polar surface area (TPSA) is 122 Å². The van der Waals surface area contributed by atoms with Gasteiger partial charge in [-0.1, -0.05) is 29.9 Å². The number of anilines is 1. The van der Waals surface area contributed by atoms with Crippen LogP contribution in [0.4, 0.5) is 5.95 Å². The van der Waals surface area contributed by atoms with Crippen LogP contribution in [0.5, 0.6) is 5.88 Å². The first-order valence-corrected chi connectivity index (χ1v) is 8.71. The van der Waals surface area contributed by atoms with Crippen molar-refractivity contribution in [3.05, 3.63) is 14.6 Å². The molecule has 3 heterocycles. The molecule has 2 N–H and O–H groups in total. The molecule has 1 fully saturated rings. The SMILES string of the molecule is CCCCOc1nc(N)nc2c1sc(=O)n2C1CCC(CN=O)O1. The van der Waals surface area contributed by atoms with E-state index in [2.05, 4.69) is 22.1 Å². The van der Waals surface area contributed by atoms with Crippen molar-refractivity contribution in [2.24, 2.45) is 5.18 Å². The van der Waals surface area contributed by atoms with E-state index in [1.807, 2.05) is 0 Å². The Morgan fingerprint density at radius 3 is 3.04 bits per heavy atom. The number of nitroso groups, excluding NO2 is 1. The second-order valence-electron chi connectivity index (χ2n) is 5.58. The summed E-state index contributed by atoms with van der Waals surface area (Å²) in [5.41, 5.74) is 6.18. The van der Waals surface area contributed by atoms with Gasteiger partial charge in [-0.2, -0.15) is 14.9 Å². The predicted octanol–water partition coefficient (Wildman–Crippen LogP) is 2.06. The molecule has 0 radical (unpaired) electrons. The van der Waals surface area contributed by atoms with E-state index in [9.17, 15) is 9.70 Å². The first-order valence-electron chi connectivity index (χ1n) is 7.90. The largest absolute Gasteiger partial charge is 0.476 e. The van der Waals surface area contributed by atoms with Crippen LogP contribution in [-0.2, 0) is 4.74 Å². The van der Waals surface area contributed by atoms with E-state index in [0.29, 0.717) is 35.7 Å². The van der Waals surface area contributed by atoms with Crippen molar-refractivity contribution in [3.63, 3.8) is 0 Å². The molecule has 3 rings (SSSR count). The molecule has 0 spiro atoms. The van der Waals surface area contributed by atoms with Gasteiger partial charge in [0.1, 0.15) is 17.5 Å². The number of nitrogens with zero attached hydrogens (tertiary/aromatic N) is 4. The Hall–Kier alpha value is -2.07. The second kappa shape index (κ2) is 7.22. The van der Waals surface area contributed by atoms with Gasteiger partial charge in [0.15, 0.2) is 5.65 Å². The number of unbranched alkanes of at least 4 members (excludes halogenated alkanes) is 1. The van der Waals surface area contributed by atoms with E-state index in [1.165, 1.54) is 4.57 Å². The van der Waals surface area contributed by atoms with Crippen molar-refractivity contribution in [2.75, 3.05) is 18.9 Å². The Morgan fingerprint density at radius 1 is 1.46 bits per heavy atom. The third kappa shape index (κ3) is 3.24. The molecule has 2 aromatic heterocycles. The van der Waals surface area contributed by atoms with Gasteiger partial charge in [-0.05, 0) is 19.3 Å². The Bertz CT molecular complexity index is 789. The summed E-state index contributed by atoms with van der Waals surface area (Å²) >= 11 is 1.01. The standard InChI is InChI=1S/C14H19N5O4S/c1-2-3-6-22-12-10-11(17-13(15)18-12)19(14(20)24-10)9-5-4-8(23-9)7-16-21/h8-9H,2-7H2,1H3,(H2,15,17,18).